The van der Waals surface area contributed by atoms with E-state index in [-0.39, 0.29) is 11.8 Å². The molecule has 1 unspecified atom stereocenters. The predicted molar refractivity (Wildman–Crippen MR) is 47.2 cm³/mol. The minimum atomic E-state index is -0.980. The third-order valence-corrected chi connectivity index (χ3v) is 2.46. The fourth-order valence-electron chi connectivity index (χ4n) is 1.58. The first-order valence-corrected chi connectivity index (χ1v) is 4.64. The van der Waals surface area contributed by atoms with Gasteiger partial charge in [-0.1, -0.05) is 12.8 Å². The van der Waals surface area contributed by atoms with Gasteiger partial charge in [0.2, 0.25) is 5.91 Å². The van der Waals surface area contributed by atoms with Crippen LogP contribution in [0.25, 0.3) is 0 Å². The quantitative estimate of drug-likeness (QED) is 0.682. The van der Waals surface area contributed by atoms with Gasteiger partial charge in [0.15, 0.2) is 0 Å². The van der Waals surface area contributed by atoms with Crippen molar-refractivity contribution in [2.45, 2.75) is 38.6 Å². The zero-order valence-electron chi connectivity index (χ0n) is 7.75. The molecule has 0 bridgehead atoms. The van der Waals surface area contributed by atoms with Crippen molar-refractivity contribution in [3.8, 4) is 0 Å². The topological polar surface area (TPSA) is 66.4 Å². The van der Waals surface area contributed by atoms with Crippen LogP contribution in [0, 0.1) is 5.92 Å². The summed E-state index contributed by atoms with van der Waals surface area (Å²) in [5.74, 6) is -1.04. The summed E-state index contributed by atoms with van der Waals surface area (Å²) in [7, 11) is 0. The van der Waals surface area contributed by atoms with Gasteiger partial charge < -0.3 is 10.4 Å². The summed E-state index contributed by atoms with van der Waals surface area (Å²) in [5.41, 5.74) is 0. The van der Waals surface area contributed by atoms with E-state index < -0.39 is 12.0 Å². The average molecular weight is 185 g/mol. The normalized spacial score (nSPS) is 19.8. The second-order valence-electron chi connectivity index (χ2n) is 3.55. The van der Waals surface area contributed by atoms with Crippen LogP contribution in [0.15, 0.2) is 0 Å². The van der Waals surface area contributed by atoms with Crippen LogP contribution in [0.3, 0.4) is 0 Å². The minimum Gasteiger partial charge on any atom is -0.480 e. The number of rotatable bonds is 3. The first-order valence-electron chi connectivity index (χ1n) is 4.64. The Morgan fingerprint density at radius 3 is 2.38 bits per heavy atom. The third kappa shape index (κ3) is 2.72. The van der Waals surface area contributed by atoms with Gasteiger partial charge in [-0.3, -0.25) is 9.59 Å². The van der Waals surface area contributed by atoms with Crippen LogP contribution in [-0.2, 0) is 9.59 Å². The van der Waals surface area contributed by atoms with Gasteiger partial charge in [0, 0.05) is 5.92 Å². The lowest BCUT2D eigenvalue weighted by Crippen LogP contribution is -2.41. The molecule has 1 aliphatic rings. The molecule has 1 atom stereocenters. The predicted octanol–water partition coefficient (Wildman–Crippen LogP) is 0.766. The van der Waals surface area contributed by atoms with E-state index in [1.54, 1.807) is 0 Å². The fraction of sp³-hybridized carbons (Fsp3) is 0.778. The summed E-state index contributed by atoms with van der Waals surface area (Å²) in [6.07, 6.45) is 3.97. The molecule has 13 heavy (non-hydrogen) atoms. The Balaban J connectivity index is 2.35. The second-order valence-corrected chi connectivity index (χ2v) is 3.55. The Bertz CT molecular complexity index is 209. The van der Waals surface area contributed by atoms with Gasteiger partial charge in [-0.25, -0.2) is 0 Å². The Morgan fingerprint density at radius 1 is 1.38 bits per heavy atom. The van der Waals surface area contributed by atoms with E-state index in [1.165, 1.54) is 6.92 Å². The molecule has 1 aliphatic carbocycles. The smallest absolute Gasteiger partial charge is 0.325 e. The SMILES string of the molecule is CC(NC(=O)C1CCCC1)C(=O)O. The summed E-state index contributed by atoms with van der Waals surface area (Å²) < 4.78 is 0. The van der Waals surface area contributed by atoms with Gasteiger partial charge in [0.25, 0.3) is 0 Å². The monoisotopic (exact) mass is 185 g/mol. The maximum absolute atomic E-state index is 11.4. The molecule has 1 fully saturated rings. The van der Waals surface area contributed by atoms with Crippen molar-refractivity contribution in [2.75, 3.05) is 0 Å². The van der Waals surface area contributed by atoms with Crippen LogP contribution in [0.1, 0.15) is 32.6 Å². The van der Waals surface area contributed by atoms with Crippen LogP contribution in [0.2, 0.25) is 0 Å². The van der Waals surface area contributed by atoms with Crippen molar-refractivity contribution in [3.63, 3.8) is 0 Å². The van der Waals surface area contributed by atoms with Crippen LogP contribution >= 0.6 is 0 Å². The van der Waals surface area contributed by atoms with Crippen molar-refractivity contribution < 1.29 is 14.7 Å². The van der Waals surface area contributed by atoms with E-state index in [2.05, 4.69) is 5.32 Å². The molecule has 0 saturated heterocycles. The van der Waals surface area contributed by atoms with Crippen LogP contribution in [0.5, 0.6) is 0 Å². The van der Waals surface area contributed by atoms with Crippen molar-refractivity contribution in [1.29, 1.82) is 0 Å². The van der Waals surface area contributed by atoms with Crippen molar-refractivity contribution in [1.82, 2.24) is 5.32 Å². The van der Waals surface area contributed by atoms with Gasteiger partial charge >= 0.3 is 5.97 Å². The van der Waals surface area contributed by atoms with E-state index in [0.717, 1.165) is 25.7 Å². The summed E-state index contributed by atoms with van der Waals surface area (Å²) in [5, 5.41) is 11.0. The van der Waals surface area contributed by atoms with Gasteiger partial charge in [0.05, 0.1) is 0 Å². The van der Waals surface area contributed by atoms with E-state index in [4.69, 9.17) is 5.11 Å². The highest BCUT2D eigenvalue weighted by molar-refractivity contribution is 5.84. The molecule has 4 heteroatoms. The average Bonchev–Trinajstić information content (AvgIpc) is 2.55. The Hall–Kier alpha value is -1.06. The van der Waals surface area contributed by atoms with Crippen molar-refractivity contribution in [2.24, 2.45) is 5.92 Å². The number of carboxylic acids is 1. The number of carbonyl (C=O) groups is 2. The lowest BCUT2D eigenvalue weighted by atomic mass is 10.1. The van der Waals surface area contributed by atoms with Gasteiger partial charge in [-0.15, -0.1) is 0 Å². The zero-order chi connectivity index (χ0) is 9.84. The molecule has 1 rings (SSSR count). The number of hydrogen-bond acceptors (Lipinski definition) is 2. The Kier molecular flexibility index (Phi) is 3.28. The van der Waals surface area contributed by atoms with Crippen LogP contribution in [0.4, 0.5) is 0 Å². The third-order valence-electron chi connectivity index (χ3n) is 2.46. The van der Waals surface area contributed by atoms with Gasteiger partial charge in [-0.2, -0.15) is 0 Å². The first kappa shape index (κ1) is 10.0. The molecule has 0 radical (unpaired) electrons. The number of nitrogens with one attached hydrogen (secondary N) is 1. The minimum absolute atomic E-state index is 0.0433. The maximum Gasteiger partial charge on any atom is 0.325 e. The number of hydrogen-bond donors (Lipinski definition) is 2. The highest BCUT2D eigenvalue weighted by Gasteiger charge is 2.24. The van der Waals surface area contributed by atoms with Gasteiger partial charge in [-0.05, 0) is 19.8 Å². The molecule has 0 aromatic carbocycles. The van der Waals surface area contributed by atoms with E-state index in [1.807, 2.05) is 0 Å². The molecule has 0 aromatic heterocycles. The number of carboxylic acid groups (broad SMARTS) is 1. The lowest BCUT2D eigenvalue weighted by molar-refractivity contribution is -0.141. The highest BCUT2D eigenvalue weighted by Crippen LogP contribution is 2.24. The summed E-state index contributed by atoms with van der Waals surface area (Å²) in [6, 6.07) is -0.770. The molecular formula is C9H15NO3. The van der Waals surface area contributed by atoms with Gasteiger partial charge in [0.1, 0.15) is 6.04 Å². The first-order chi connectivity index (χ1) is 6.11. The highest BCUT2D eigenvalue weighted by atomic mass is 16.4. The Morgan fingerprint density at radius 2 is 1.92 bits per heavy atom. The molecule has 2 N–H and O–H groups in total. The lowest BCUT2D eigenvalue weighted by Gasteiger charge is -2.12. The second kappa shape index (κ2) is 4.25. The molecule has 0 aromatic rings. The largest absolute Gasteiger partial charge is 0.480 e. The number of aliphatic carboxylic acids is 1. The molecule has 4 nitrogen and oxygen atoms in total. The zero-order valence-corrected chi connectivity index (χ0v) is 7.75. The molecular weight excluding hydrogens is 170 g/mol. The van der Waals surface area contributed by atoms with Crippen LogP contribution < -0.4 is 5.32 Å². The van der Waals surface area contributed by atoms with E-state index in [0.29, 0.717) is 0 Å². The standard InChI is InChI=1S/C9H15NO3/c1-6(9(12)13)10-8(11)7-4-2-3-5-7/h6-7H,2-5H2,1H3,(H,10,11)(H,12,13). The molecule has 1 amide bonds. The van der Waals surface area contributed by atoms with Crippen molar-refractivity contribution >= 4 is 11.9 Å². The van der Waals surface area contributed by atoms with E-state index in [9.17, 15) is 9.59 Å². The molecule has 0 heterocycles. The maximum atomic E-state index is 11.4. The Labute approximate surface area is 77.3 Å². The summed E-state index contributed by atoms with van der Waals surface area (Å²) in [4.78, 5) is 21.8. The summed E-state index contributed by atoms with van der Waals surface area (Å²) in [6.45, 7) is 1.48. The molecule has 0 spiro atoms. The molecule has 0 aliphatic heterocycles. The van der Waals surface area contributed by atoms with E-state index >= 15 is 0 Å². The van der Waals surface area contributed by atoms with Crippen LogP contribution in [-0.4, -0.2) is 23.0 Å². The number of carbonyl (C=O) groups excluding carboxylic acids is 1. The van der Waals surface area contributed by atoms with Crippen molar-refractivity contribution in [3.05, 3.63) is 0 Å². The molecule has 1 saturated carbocycles. The number of amides is 1. The fourth-order valence-corrected chi connectivity index (χ4v) is 1.58. The molecule has 74 valence electrons. The summed E-state index contributed by atoms with van der Waals surface area (Å²) >= 11 is 0.